The summed E-state index contributed by atoms with van der Waals surface area (Å²) in [4.78, 5) is 14.7. The van der Waals surface area contributed by atoms with Gasteiger partial charge in [-0.1, -0.05) is 43.2 Å². The molecule has 6 heteroatoms. The second-order valence-corrected chi connectivity index (χ2v) is 9.58. The molecule has 0 radical (unpaired) electrons. The molecule has 32 heavy (non-hydrogen) atoms. The predicted molar refractivity (Wildman–Crippen MR) is 129 cm³/mol. The molecule has 2 aromatic rings. The van der Waals surface area contributed by atoms with Crippen molar-refractivity contribution in [1.29, 1.82) is 0 Å². The Morgan fingerprint density at radius 2 is 2.06 bits per heavy atom. The van der Waals surface area contributed by atoms with Crippen LogP contribution in [-0.4, -0.2) is 41.7 Å². The molecule has 5 nitrogen and oxygen atoms in total. The number of rotatable bonds is 6. The van der Waals surface area contributed by atoms with E-state index in [9.17, 15) is 9.90 Å². The minimum Gasteiger partial charge on any atom is -0.493 e. The Hall–Kier alpha value is -2.31. The Balaban J connectivity index is 1.42. The number of hydrogen-bond donors (Lipinski definition) is 1. The zero-order valence-electron chi connectivity index (χ0n) is 18.4. The lowest BCUT2D eigenvalue weighted by molar-refractivity contribution is -0.138. The van der Waals surface area contributed by atoms with Gasteiger partial charge in [0, 0.05) is 25.1 Å². The van der Waals surface area contributed by atoms with E-state index in [4.69, 9.17) is 9.47 Å². The summed E-state index contributed by atoms with van der Waals surface area (Å²) >= 11 is 3.58. The van der Waals surface area contributed by atoms with Gasteiger partial charge >= 0.3 is 0 Å². The fraction of sp³-hybridized carbons (Fsp3) is 0.423. The highest BCUT2D eigenvalue weighted by atomic mass is 79.9. The minimum absolute atomic E-state index is 0.0166. The Bertz CT molecular complexity index is 977. The Labute approximate surface area is 198 Å². The molecule has 1 saturated carbocycles. The van der Waals surface area contributed by atoms with Crippen LogP contribution in [0.1, 0.15) is 43.2 Å². The van der Waals surface area contributed by atoms with Crippen LogP contribution in [0.25, 0.3) is 6.08 Å². The summed E-state index contributed by atoms with van der Waals surface area (Å²) in [6.45, 7) is 1.68. The number of ether oxygens (including phenoxy) is 2. The molecule has 0 bridgehead atoms. The molecule has 2 aliphatic rings. The maximum Gasteiger partial charge on any atom is 0.246 e. The first-order chi connectivity index (χ1) is 15.5. The van der Waals surface area contributed by atoms with Gasteiger partial charge in [-0.05, 0) is 64.5 Å². The Morgan fingerprint density at radius 1 is 1.25 bits per heavy atom. The van der Waals surface area contributed by atoms with Crippen molar-refractivity contribution < 1.29 is 19.4 Å². The monoisotopic (exact) mass is 499 g/mol. The van der Waals surface area contributed by atoms with Gasteiger partial charge in [-0.15, -0.1) is 0 Å². The maximum absolute atomic E-state index is 12.8. The SMILES string of the molecule is COc1cc(C=CC(=O)N2CC[C@@]3(O)CCCC[C@H]3C2)cc(Br)c1OCc1ccccc1. The van der Waals surface area contributed by atoms with Crippen molar-refractivity contribution in [3.63, 3.8) is 0 Å². The third-order valence-corrected chi connectivity index (χ3v) is 7.22. The molecule has 1 N–H and O–H groups in total. The van der Waals surface area contributed by atoms with Crippen molar-refractivity contribution in [3.8, 4) is 11.5 Å². The van der Waals surface area contributed by atoms with Crippen molar-refractivity contribution in [2.45, 2.75) is 44.3 Å². The largest absolute Gasteiger partial charge is 0.493 e. The summed E-state index contributed by atoms with van der Waals surface area (Å²) in [5.41, 5.74) is 1.34. The van der Waals surface area contributed by atoms with E-state index in [0.717, 1.165) is 41.3 Å². The summed E-state index contributed by atoms with van der Waals surface area (Å²) in [5, 5.41) is 10.8. The van der Waals surface area contributed by atoms with E-state index in [1.807, 2.05) is 47.4 Å². The molecule has 0 unspecified atom stereocenters. The minimum atomic E-state index is -0.577. The van der Waals surface area contributed by atoms with Crippen LogP contribution in [0, 0.1) is 5.92 Å². The van der Waals surface area contributed by atoms with Gasteiger partial charge in [0.25, 0.3) is 0 Å². The Morgan fingerprint density at radius 3 is 2.84 bits per heavy atom. The molecule has 2 aromatic carbocycles. The first-order valence-electron chi connectivity index (χ1n) is 11.2. The standard InChI is InChI=1S/C26H30BrNO4/c1-31-23-16-20(15-22(27)25(23)32-18-19-7-3-2-4-8-19)10-11-24(29)28-14-13-26(30)12-6-5-9-21(26)17-28/h2-4,7-8,10-11,15-16,21,30H,5-6,9,12-14,17-18H2,1H3/t21-,26-/m0/s1. The second-order valence-electron chi connectivity index (χ2n) is 8.72. The number of hydrogen-bond acceptors (Lipinski definition) is 4. The van der Waals surface area contributed by atoms with Crippen LogP contribution < -0.4 is 9.47 Å². The molecule has 4 rings (SSSR count). The Kier molecular flexibility index (Phi) is 7.21. The van der Waals surface area contributed by atoms with Gasteiger partial charge in [-0.3, -0.25) is 4.79 Å². The molecule has 1 amide bonds. The second kappa shape index (κ2) is 10.1. The summed E-state index contributed by atoms with van der Waals surface area (Å²) < 4.78 is 12.3. The lowest BCUT2D eigenvalue weighted by Gasteiger charge is -2.47. The number of amides is 1. The number of halogens is 1. The highest BCUT2D eigenvalue weighted by Gasteiger charge is 2.43. The zero-order chi connectivity index (χ0) is 22.6. The average Bonchev–Trinajstić information content (AvgIpc) is 2.81. The van der Waals surface area contributed by atoms with Gasteiger partial charge in [-0.25, -0.2) is 0 Å². The fourth-order valence-corrected chi connectivity index (χ4v) is 5.32. The van der Waals surface area contributed by atoms with Gasteiger partial charge in [0.2, 0.25) is 5.91 Å². The molecular formula is C26H30BrNO4. The van der Waals surface area contributed by atoms with Gasteiger partial charge in [-0.2, -0.15) is 0 Å². The number of aliphatic hydroxyl groups is 1. The fourth-order valence-electron chi connectivity index (χ4n) is 4.75. The molecule has 2 atom stereocenters. The number of carbonyl (C=O) groups is 1. The van der Waals surface area contributed by atoms with Crippen molar-refractivity contribution >= 4 is 27.9 Å². The number of carbonyl (C=O) groups excluding carboxylic acids is 1. The zero-order valence-corrected chi connectivity index (χ0v) is 20.0. The number of methoxy groups -OCH3 is 1. The first-order valence-corrected chi connectivity index (χ1v) is 12.0. The molecule has 170 valence electrons. The smallest absolute Gasteiger partial charge is 0.246 e. The van der Waals surface area contributed by atoms with Crippen molar-refractivity contribution in [2.75, 3.05) is 20.2 Å². The molecule has 1 aliphatic carbocycles. The van der Waals surface area contributed by atoms with E-state index in [1.54, 1.807) is 19.3 Å². The topological polar surface area (TPSA) is 59.0 Å². The van der Waals surface area contributed by atoms with Crippen LogP contribution in [0.4, 0.5) is 0 Å². The van der Waals surface area contributed by atoms with Gasteiger partial charge in [0.05, 0.1) is 17.2 Å². The number of fused-ring (bicyclic) bond motifs is 1. The van der Waals surface area contributed by atoms with Crippen molar-refractivity contribution in [2.24, 2.45) is 5.92 Å². The van der Waals surface area contributed by atoms with Gasteiger partial charge < -0.3 is 19.5 Å². The van der Waals surface area contributed by atoms with Crippen LogP contribution in [0.15, 0.2) is 53.0 Å². The van der Waals surface area contributed by atoms with E-state index in [1.165, 1.54) is 0 Å². The van der Waals surface area contributed by atoms with Crippen LogP contribution in [0.3, 0.4) is 0 Å². The van der Waals surface area contributed by atoms with E-state index >= 15 is 0 Å². The van der Waals surface area contributed by atoms with Crippen LogP contribution in [0.5, 0.6) is 11.5 Å². The maximum atomic E-state index is 12.8. The van der Waals surface area contributed by atoms with E-state index < -0.39 is 5.60 Å². The van der Waals surface area contributed by atoms with Crippen molar-refractivity contribution in [1.82, 2.24) is 4.90 Å². The summed E-state index contributed by atoms with van der Waals surface area (Å²) in [5.74, 6) is 1.41. The predicted octanol–water partition coefficient (Wildman–Crippen LogP) is 5.20. The van der Waals surface area contributed by atoms with Crippen molar-refractivity contribution in [3.05, 3.63) is 64.1 Å². The van der Waals surface area contributed by atoms with Crippen LogP contribution in [0.2, 0.25) is 0 Å². The molecule has 1 saturated heterocycles. The molecular weight excluding hydrogens is 470 g/mol. The third kappa shape index (κ3) is 5.18. The van der Waals surface area contributed by atoms with E-state index in [2.05, 4.69) is 15.9 Å². The molecule has 0 spiro atoms. The first kappa shape index (κ1) is 22.9. The van der Waals surface area contributed by atoms with Crippen LogP contribution in [-0.2, 0) is 11.4 Å². The molecule has 1 heterocycles. The third-order valence-electron chi connectivity index (χ3n) is 6.64. The summed E-state index contributed by atoms with van der Waals surface area (Å²) in [6, 6.07) is 13.7. The normalized spacial score (nSPS) is 23.1. The summed E-state index contributed by atoms with van der Waals surface area (Å²) in [6.07, 6.45) is 8.17. The lowest BCUT2D eigenvalue weighted by atomic mass is 9.71. The molecule has 1 aliphatic heterocycles. The average molecular weight is 500 g/mol. The molecule has 2 fully saturated rings. The quantitative estimate of drug-likeness (QED) is 0.554. The number of piperidine rings is 1. The molecule has 0 aromatic heterocycles. The van der Waals surface area contributed by atoms with E-state index in [0.29, 0.717) is 37.6 Å². The number of nitrogens with zero attached hydrogens (tertiary/aromatic N) is 1. The highest BCUT2D eigenvalue weighted by molar-refractivity contribution is 9.10. The lowest BCUT2D eigenvalue weighted by Crippen LogP contribution is -2.54. The number of likely N-dealkylation sites (tertiary alicyclic amines) is 1. The van der Waals surface area contributed by atoms with E-state index in [-0.39, 0.29) is 11.8 Å². The number of benzene rings is 2. The highest BCUT2D eigenvalue weighted by Crippen LogP contribution is 2.40. The summed E-state index contributed by atoms with van der Waals surface area (Å²) in [7, 11) is 1.61. The van der Waals surface area contributed by atoms with Crippen LogP contribution >= 0.6 is 15.9 Å². The van der Waals surface area contributed by atoms with Gasteiger partial charge in [0.15, 0.2) is 11.5 Å². The van der Waals surface area contributed by atoms with Gasteiger partial charge in [0.1, 0.15) is 6.61 Å².